The van der Waals surface area contributed by atoms with Crippen molar-refractivity contribution in [2.45, 2.75) is 12.7 Å². The molecule has 1 rings (SSSR count). The molecule has 14 heavy (non-hydrogen) atoms. The molecule has 0 aliphatic heterocycles. The first-order valence-corrected chi connectivity index (χ1v) is 3.85. The molecule has 0 amide bonds. The van der Waals surface area contributed by atoms with Crippen LogP contribution in [0.25, 0.3) is 0 Å². The minimum Gasteiger partial charge on any atom is -0.316 e. The summed E-state index contributed by atoms with van der Waals surface area (Å²) in [5.41, 5.74) is -0.290. The Morgan fingerprint density at radius 3 is 2.29 bits per heavy atom. The summed E-state index contributed by atoms with van der Waals surface area (Å²) in [4.78, 5) is 0. The van der Waals surface area contributed by atoms with Gasteiger partial charge in [-0.1, -0.05) is 18.2 Å². The Morgan fingerprint density at radius 2 is 1.79 bits per heavy atom. The van der Waals surface area contributed by atoms with Crippen LogP contribution in [-0.4, -0.2) is 7.05 Å². The molecule has 5 heteroatoms. The minimum absolute atomic E-state index is 0. The van der Waals surface area contributed by atoms with E-state index in [4.69, 9.17) is 0 Å². The average molecular weight is 226 g/mol. The molecule has 0 atom stereocenters. The van der Waals surface area contributed by atoms with Crippen LogP contribution in [-0.2, 0) is 12.7 Å². The van der Waals surface area contributed by atoms with Crippen LogP contribution in [0.4, 0.5) is 13.2 Å². The zero-order valence-electron chi connectivity index (χ0n) is 7.56. The fourth-order valence-electron chi connectivity index (χ4n) is 1.14. The number of halogens is 4. The molecule has 1 N–H and O–H groups in total. The molecule has 0 saturated carbocycles. The van der Waals surface area contributed by atoms with E-state index >= 15 is 0 Å². The fourth-order valence-corrected chi connectivity index (χ4v) is 1.14. The summed E-state index contributed by atoms with van der Waals surface area (Å²) in [6.07, 6.45) is -4.26. The van der Waals surface area contributed by atoms with Crippen molar-refractivity contribution in [2.24, 2.45) is 0 Å². The Labute approximate surface area is 86.7 Å². The summed E-state index contributed by atoms with van der Waals surface area (Å²) in [7, 11) is 1.62. The van der Waals surface area contributed by atoms with E-state index in [1.54, 1.807) is 13.1 Å². The molecule has 0 fully saturated rings. The van der Waals surface area contributed by atoms with Crippen molar-refractivity contribution in [3.63, 3.8) is 0 Å². The van der Waals surface area contributed by atoms with Crippen LogP contribution in [0, 0.1) is 0 Å². The molecule has 0 heterocycles. The monoisotopic (exact) mass is 225 g/mol. The predicted octanol–water partition coefficient (Wildman–Crippen LogP) is 2.85. The van der Waals surface area contributed by atoms with E-state index in [9.17, 15) is 13.2 Å². The lowest BCUT2D eigenvalue weighted by Gasteiger charge is -2.11. The lowest BCUT2D eigenvalue weighted by Crippen LogP contribution is -2.13. The van der Waals surface area contributed by atoms with E-state index in [1.165, 1.54) is 12.1 Å². The second-order valence-electron chi connectivity index (χ2n) is 2.69. The maximum absolute atomic E-state index is 12.3. The number of hydrogen-bond acceptors (Lipinski definition) is 1. The van der Waals surface area contributed by atoms with Gasteiger partial charge in [0.15, 0.2) is 0 Å². The predicted molar refractivity (Wildman–Crippen MR) is 51.5 cm³/mol. The Kier molecular flexibility index (Phi) is 4.94. The van der Waals surface area contributed by atoms with E-state index in [0.717, 1.165) is 6.07 Å². The number of alkyl halides is 3. The molecule has 0 unspecified atom stereocenters. The summed E-state index contributed by atoms with van der Waals surface area (Å²) in [6, 6.07) is 5.55. The molecule has 0 saturated heterocycles. The lowest BCUT2D eigenvalue weighted by molar-refractivity contribution is -0.138. The second kappa shape index (κ2) is 5.22. The van der Waals surface area contributed by atoms with Gasteiger partial charge in [0.1, 0.15) is 0 Å². The molecule has 0 radical (unpaired) electrons. The molecule has 0 aliphatic rings. The third-order valence-electron chi connectivity index (χ3n) is 1.69. The van der Waals surface area contributed by atoms with Crippen LogP contribution in [0.1, 0.15) is 11.1 Å². The number of rotatable bonds is 2. The van der Waals surface area contributed by atoms with Crippen LogP contribution in [0.2, 0.25) is 0 Å². The normalized spacial score (nSPS) is 10.9. The quantitative estimate of drug-likeness (QED) is 0.816. The van der Waals surface area contributed by atoms with Crippen molar-refractivity contribution in [2.75, 3.05) is 7.05 Å². The molecule has 80 valence electrons. The topological polar surface area (TPSA) is 12.0 Å². The molecule has 0 aliphatic carbocycles. The van der Waals surface area contributed by atoms with E-state index in [-0.39, 0.29) is 24.5 Å². The van der Waals surface area contributed by atoms with Gasteiger partial charge in [0.25, 0.3) is 0 Å². The van der Waals surface area contributed by atoms with Gasteiger partial charge in [-0.05, 0) is 18.7 Å². The standard InChI is InChI=1S/C9H10F3N.ClH/c1-13-6-7-4-2-3-5-8(7)9(10,11)12;/h2-5,13H,6H2,1H3;1H. The summed E-state index contributed by atoms with van der Waals surface area (Å²) in [5.74, 6) is 0. The highest BCUT2D eigenvalue weighted by atomic mass is 35.5. The summed E-state index contributed by atoms with van der Waals surface area (Å²) >= 11 is 0. The SMILES string of the molecule is CNCc1ccccc1C(F)(F)F.Cl. The minimum atomic E-state index is -4.26. The van der Waals surface area contributed by atoms with Crippen molar-refractivity contribution >= 4 is 12.4 Å². The van der Waals surface area contributed by atoms with E-state index in [1.807, 2.05) is 0 Å². The van der Waals surface area contributed by atoms with Crippen LogP contribution < -0.4 is 5.32 Å². The molecule has 0 aromatic heterocycles. The third-order valence-corrected chi connectivity index (χ3v) is 1.69. The lowest BCUT2D eigenvalue weighted by atomic mass is 10.1. The number of hydrogen-bond donors (Lipinski definition) is 1. The van der Waals surface area contributed by atoms with Crippen LogP contribution >= 0.6 is 12.4 Å². The highest BCUT2D eigenvalue weighted by Gasteiger charge is 2.32. The highest BCUT2D eigenvalue weighted by Crippen LogP contribution is 2.31. The zero-order valence-corrected chi connectivity index (χ0v) is 8.38. The Balaban J connectivity index is 0.00000169. The van der Waals surface area contributed by atoms with Crippen LogP contribution in [0.15, 0.2) is 24.3 Å². The summed E-state index contributed by atoms with van der Waals surface area (Å²) in [6.45, 7) is 0.232. The molecule has 0 bridgehead atoms. The maximum Gasteiger partial charge on any atom is 0.416 e. The van der Waals surface area contributed by atoms with Gasteiger partial charge in [-0.2, -0.15) is 13.2 Å². The van der Waals surface area contributed by atoms with Gasteiger partial charge < -0.3 is 5.32 Å². The van der Waals surface area contributed by atoms with Gasteiger partial charge in [-0.25, -0.2) is 0 Å². The van der Waals surface area contributed by atoms with Crippen molar-refractivity contribution in [3.8, 4) is 0 Å². The molecule has 1 nitrogen and oxygen atoms in total. The zero-order chi connectivity index (χ0) is 9.90. The van der Waals surface area contributed by atoms with Gasteiger partial charge in [0.05, 0.1) is 5.56 Å². The molecule has 1 aromatic rings. The first-order valence-electron chi connectivity index (χ1n) is 3.85. The first-order chi connectivity index (χ1) is 6.05. The third kappa shape index (κ3) is 3.20. The van der Waals surface area contributed by atoms with Gasteiger partial charge >= 0.3 is 6.18 Å². The van der Waals surface area contributed by atoms with Gasteiger partial charge in [0.2, 0.25) is 0 Å². The summed E-state index contributed by atoms with van der Waals surface area (Å²) in [5, 5.41) is 2.70. The molecule has 0 spiro atoms. The van der Waals surface area contributed by atoms with E-state index < -0.39 is 11.7 Å². The Hall–Kier alpha value is -0.740. The molecular weight excluding hydrogens is 215 g/mol. The largest absolute Gasteiger partial charge is 0.416 e. The molecular formula is C9H11ClF3N. The van der Waals surface area contributed by atoms with Crippen LogP contribution in [0.3, 0.4) is 0 Å². The highest BCUT2D eigenvalue weighted by molar-refractivity contribution is 5.85. The average Bonchev–Trinajstić information content (AvgIpc) is 2.04. The van der Waals surface area contributed by atoms with Crippen molar-refractivity contribution in [1.29, 1.82) is 0 Å². The Morgan fingerprint density at radius 1 is 1.21 bits per heavy atom. The van der Waals surface area contributed by atoms with Gasteiger partial charge in [-0.15, -0.1) is 12.4 Å². The number of benzene rings is 1. The molecule has 1 aromatic carbocycles. The second-order valence-corrected chi connectivity index (χ2v) is 2.69. The number of nitrogens with one attached hydrogen (secondary N) is 1. The van der Waals surface area contributed by atoms with Crippen LogP contribution in [0.5, 0.6) is 0 Å². The Bertz CT molecular complexity index is 286. The summed E-state index contributed by atoms with van der Waals surface area (Å²) < 4.78 is 37.0. The fraction of sp³-hybridized carbons (Fsp3) is 0.333. The first kappa shape index (κ1) is 13.3. The van der Waals surface area contributed by atoms with Crippen molar-refractivity contribution in [1.82, 2.24) is 5.32 Å². The van der Waals surface area contributed by atoms with Crippen molar-refractivity contribution < 1.29 is 13.2 Å². The van der Waals surface area contributed by atoms with Gasteiger partial charge in [0, 0.05) is 6.54 Å². The van der Waals surface area contributed by atoms with Gasteiger partial charge in [-0.3, -0.25) is 0 Å². The van der Waals surface area contributed by atoms with Crippen molar-refractivity contribution in [3.05, 3.63) is 35.4 Å². The smallest absolute Gasteiger partial charge is 0.316 e. The van der Waals surface area contributed by atoms with E-state index in [0.29, 0.717) is 0 Å². The van der Waals surface area contributed by atoms with E-state index in [2.05, 4.69) is 5.32 Å². The maximum atomic E-state index is 12.3.